The summed E-state index contributed by atoms with van der Waals surface area (Å²) in [5, 5.41) is 7.78. The largest absolute Gasteiger partial charge is 0.310 e. The van der Waals surface area contributed by atoms with Gasteiger partial charge in [0, 0.05) is 22.6 Å². The van der Waals surface area contributed by atoms with Crippen LogP contribution in [0.1, 0.15) is 31.3 Å². The average molecular weight is 370 g/mol. The number of benzene rings is 1. The Morgan fingerprint density at radius 3 is 2.79 bits per heavy atom. The Morgan fingerprint density at radius 2 is 2.11 bits per heavy atom. The van der Waals surface area contributed by atoms with Crippen molar-refractivity contribution in [1.82, 2.24) is 20.1 Å². The predicted molar refractivity (Wildman–Crippen MR) is 85.0 cm³/mol. The zero-order valence-corrected chi connectivity index (χ0v) is 13.5. The number of nitrogens with zero attached hydrogens (tertiary/aromatic N) is 3. The second-order valence-electron chi connectivity index (χ2n) is 4.33. The molecule has 0 aliphatic carbocycles. The van der Waals surface area contributed by atoms with Crippen LogP contribution in [0.4, 0.5) is 0 Å². The monoisotopic (exact) mass is 370 g/mol. The minimum Gasteiger partial charge on any atom is -0.310 e. The van der Waals surface area contributed by atoms with Crippen LogP contribution in [0, 0.1) is 3.57 Å². The van der Waals surface area contributed by atoms with E-state index < -0.39 is 0 Å². The molecule has 1 atom stereocenters. The van der Waals surface area contributed by atoms with E-state index in [2.05, 4.69) is 76.1 Å². The summed E-state index contributed by atoms with van der Waals surface area (Å²) in [5.41, 5.74) is 1.33. The molecule has 0 aliphatic rings. The van der Waals surface area contributed by atoms with E-state index in [0.717, 1.165) is 25.3 Å². The number of nitrogens with one attached hydrogen (secondary N) is 1. The smallest absolute Gasteiger partial charge is 0.138 e. The van der Waals surface area contributed by atoms with Gasteiger partial charge < -0.3 is 5.32 Å². The van der Waals surface area contributed by atoms with E-state index in [1.54, 1.807) is 6.33 Å². The van der Waals surface area contributed by atoms with Crippen LogP contribution in [0.3, 0.4) is 0 Å². The molecule has 1 aromatic heterocycles. The van der Waals surface area contributed by atoms with E-state index in [-0.39, 0.29) is 6.04 Å². The maximum atomic E-state index is 4.37. The third-order valence-electron chi connectivity index (χ3n) is 3.11. The van der Waals surface area contributed by atoms with E-state index in [1.165, 1.54) is 9.13 Å². The fraction of sp³-hybridized carbons (Fsp3) is 0.429. The molecule has 0 radical (unpaired) electrons. The summed E-state index contributed by atoms with van der Waals surface area (Å²) in [6.45, 7) is 6.02. The third kappa shape index (κ3) is 3.54. The van der Waals surface area contributed by atoms with Crippen molar-refractivity contribution >= 4 is 22.6 Å². The Hall–Kier alpha value is -0.950. The first-order chi connectivity index (χ1) is 9.26. The Balaban J connectivity index is 2.24. The van der Waals surface area contributed by atoms with Crippen molar-refractivity contribution in [3.63, 3.8) is 0 Å². The molecule has 0 aliphatic heterocycles. The Morgan fingerprint density at radius 1 is 1.32 bits per heavy atom. The third-order valence-corrected chi connectivity index (χ3v) is 4.10. The summed E-state index contributed by atoms with van der Waals surface area (Å²) in [7, 11) is 0. The van der Waals surface area contributed by atoms with Gasteiger partial charge in [-0.3, -0.25) is 4.68 Å². The van der Waals surface area contributed by atoms with Crippen molar-refractivity contribution in [2.75, 3.05) is 6.54 Å². The molecule has 1 heterocycles. The van der Waals surface area contributed by atoms with Crippen LogP contribution < -0.4 is 5.32 Å². The maximum absolute atomic E-state index is 4.37. The van der Waals surface area contributed by atoms with E-state index in [9.17, 15) is 0 Å². The van der Waals surface area contributed by atoms with Gasteiger partial charge in [0.2, 0.25) is 0 Å². The number of rotatable bonds is 6. The van der Waals surface area contributed by atoms with Crippen LogP contribution in [-0.2, 0) is 13.0 Å². The van der Waals surface area contributed by atoms with Gasteiger partial charge in [-0.1, -0.05) is 25.1 Å². The molecule has 4 nitrogen and oxygen atoms in total. The number of aryl methyl sites for hydroxylation is 1. The molecule has 1 N–H and O–H groups in total. The number of halogens is 1. The van der Waals surface area contributed by atoms with Gasteiger partial charge in [0.05, 0.1) is 0 Å². The Labute approximate surface area is 127 Å². The van der Waals surface area contributed by atoms with Gasteiger partial charge >= 0.3 is 0 Å². The van der Waals surface area contributed by atoms with Crippen molar-refractivity contribution in [2.24, 2.45) is 0 Å². The average Bonchev–Trinajstić information content (AvgIpc) is 2.86. The number of hydrogen-bond donors (Lipinski definition) is 1. The molecule has 102 valence electrons. The molecule has 2 rings (SSSR count). The van der Waals surface area contributed by atoms with Crippen LogP contribution in [0.15, 0.2) is 30.6 Å². The predicted octanol–water partition coefficient (Wildman–Crippen LogP) is 2.80. The van der Waals surface area contributed by atoms with Crippen LogP contribution in [-0.4, -0.2) is 21.3 Å². The van der Waals surface area contributed by atoms with Crippen molar-refractivity contribution in [1.29, 1.82) is 0 Å². The van der Waals surface area contributed by atoms with Gasteiger partial charge in [0.25, 0.3) is 0 Å². The molecular weight excluding hydrogens is 351 g/mol. The van der Waals surface area contributed by atoms with Gasteiger partial charge in [-0.2, -0.15) is 5.10 Å². The van der Waals surface area contributed by atoms with Gasteiger partial charge in [-0.15, -0.1) is 0 Å². The quantitative estimate of drug-likeness (QED) is 0.796. The van der Waals surface area contributed by atoms with Crippen LogP contribution in [0.25, 0.3) is 0 Å². The van der Waals surface area contributed by atoms with Crippen LogP contribution >= 0.6 is 22.6 Å². The summed E-state index contributed by atoms with van der Waals surface area (Å²) in [6, 6.07) is 8.77. The first kappa shape index (κ1) is 14.5. The van der Waals surface area contributed by atoms with Gasteiger partial charge in [-0.25, -0.2) is 4.98 Å². The lowest BCUT2D eigenvalue weighted by Crippen LogP contribution is -2.25. The van der Waals surface area contributed by atoms with E-state index >= 15 is 0 Å². The second kappa shape index (κ2) is 7.00. The van der Waals surface area contributed by atoms with E-state index in [1.807, 2.05) is 4.68 Å². The summed E-state index contributed by atoms with van der Waals surface area (Å²) in [6.07, 6.45) is 2.50. The summed E-state index contributed by atoms with van der Waals surface area (Å²) in [4.78, 5) is 4.37. The highest BCUT2D eigenvalue weighted by atomic mass is 127. The molecule has 1 unspecified atom stereocenters. The summed E-state index contributed by atoms with van der Waals surface area (Å²) < 4.78 is 3.24. The standard InChI is InChI=1S/C14H19IN4/c1-3-16-13(11-7-5-6-8-12(11)15)9-14-17-10-18-19(14)4-2/h5-8,10,13,16H,3-4,9H2,1-2H3. The molecule has 0 spiro atoms. The lowest BCUT2D eigenvalue weighted by molar-refractivity contribution is 0.508. The van der Waals surface area contributed by atoms with Crippen LogP contribution in [0.5, 0.6) is 0 Å². The Kier molecular flexibility index (Phi) is 5.33. The lowest BCUT2D eigenvalue weighted by Gasteiger charge is -2.19. The molecular formula is C14H19IN4. The topological polar surface area (TPSA) is 42.7 Å². The highest BCUT2D eigenvalue weighted by molar-refractivity contribution is 14.1. The molecule has 19 heavy (non-hydrogen) atoms. The number of hydrogen-bond acceptors (Lipinski definition) is 3. The maximum Gasteiger partial charge on any atom is 0.138 e. The molecule has 0 fully saturated rings. The Bertz CT molecular complexity index is 524. The molecule has 0 saturated carbocycles. The molecule has 5 heteroatoms. The minimum atomic E-state index is 0.285. The van der Waals surface area contributed by atoms with Crippen molar-refractivity contribution < 1.29 is 0 Å². The molecule has 0 amide bonds. The number of likely N-dealkylation sites (N-methyl/N-ethyl adjacent to an activating group) is 1. The second-order valence-corrected chi connectivity index (χ2v) is 5.49. The molecule has 0 saturated heterocycles. The summed E-state index contributed by atoms with van der Waals surface area (Å²) in [5.74, 6) is 1.04. The van der Waals surface area contributed by atoms with Gasteiger partial charge in [-0.05, 0) is 47.7 Å². The van der Waals surface area contributed by atoms with E-state index in [0.29, 0.717) is 0 Å². The van der Waals surface area contributed by atoms with Gasteiger partial charge in [0.1, 0.15) is 12.2 Å². The van der Waals surface area contributed by atoms with Crippen molar-refractivity contribution in [3.8, 4) is 0 Å². The highest BCUT2D eigenvalue weighted by Crippen LogP contribution is 2.22. The van der Waals surface area contributed by atoms with Gasteiger partial charge in [0.15, 0.2) is 0 Å². The molecule has 0 bridgehead atoms. The van der Waals surface area contributed by atoms with Crippen LogP contribution in [0.2, 0.25) is 0 Å². The zero-order chi connectivity index (χ0) is 13.7. The fourth-order valence-corrected chi connectivity index (χ4v) is 2.95. The molecule has 2 aromatic rings. The SMILES string of the molecule is CCNC(Cc1ncnn1CC)c1ccccc1I. The first-order valence-electron chi connectivity index (χ1n) is 6.60. The molecule has 1 aromatic carbocycles. The van der Waals surface area contributed by atoms with Crippen molar-refractivity contribution in [2.45, 2.75) is 32.9 Å². The zero-order valence-electron chi connectivity index (χ0n) is 11.3. The number of aromatic nitrogens is 3. The fourth-order valence-electron chi connectivity index (χ4n) is 2.19. The lowest BCUT2D eigenvalue weighted by atomic mass is 10.0. The first-order valence-corrected chi connectivity index (χ1v) is 7.68. The van der Waals surface area contributed by atoms with Crippen molar-refractivity contribution in [3.05, 3.63) is 45.6 Å². The summed E-state index contributed by atoms with van der Waals surface area (Å²) >= 11 is 2.39. The van der Waals surface area contributed by atoms with E-state index in [4.69, 9.17) is 0 Å². The minimum absolute atomic E-state index is 0.285. The highest BCUT2D eigenvalue weighted by Gasteiger charge is 2.16. The normalized spacial score (nSPS) is 12.6.